The maximum atomic E-state index is 4.34. The van der Waals surface area contributed by atoms with Crippen molar-refractivity contribution < 1.29 is 0 Å². The molecular formula is C15H30IN3. The van der Waals surface area contributed by atoms with Gasteiger partial charge in [0.05, 0.1) is 0 Å². The molecule has 0 saturated heterocycles. The molecular weight excluding hydrogens is 349 g/mol. The maximum Gasteiger partial charge on any atom is 0.191 e. The Morgan fingerprint density at radius 2 is 1.63 bits per heavy atom. The molecule has 4 heteroatoms. The third-order valence-electron chi connectivity index (χ3n) is 4.55. The molecule has 0 bridgehead atoms. The number of halogens is 1. The van der Waals surface area contributed by atoms with E-state index in [1.807, 2.05) is 7.05 Å². The molecule has 2 rings (SSSR count). The zero-order chi connectivity index (χ0) is 13.1. The second kappa shape index (κ2) is 7.70. The van der Waals surface area contributed by atoms with E-state index in [9.17, 15) is 0 Å². The number of hydrogen-bond donors (Lipinski definition) is 2. The summed E-state index contributed by atoms with van der Waals surface area (Å²) in [6.07, 6.45) is 5.82. The minimum absolute atomic E-state index is 0. The zero-order valence-corrected chi connectivity index (χ0v) is 15.1. The van der Waals surface area contributed by atoms with E-state index in [2.05, 4.69) is 36.4 Å². The number of hydrogen-bond acceptors (Lipinski definition) is 1. The van der Waals surface area contributed by atoms with Crippen LogP contribution in [0.5, 0.6) is 0 Å². The van der Waals surface area contributed by atoms with E-state index in [0.717, 1.165) is 30.3 Å². The highest BCUT2D eigenvalue weighted by atomic mass is 127. The summed E-state index contributed by atoms with van der Waals surface area (Å²) in [5.41, 5.74) is 0. The predicted octanol–water partition coefficient (Wildman–Crippen LogP) is 3.25. The first-order chi connectivity index (χ1) is 8.61. The fraction of sp³-hybridized carbons (Fsp3) is 0.933. The van der Waals surface area contributed by atoms with Crippen LogP contribution >= 0.6 is 24.0 Å². The number of nitrogens with zero attached hydrogens (tertiary/aromatic N) is 1. The molecule has 0 spiro atoms. The van der Waals surface area contributed by atoms with Gasteiger partial charge < -0.3 is 10.6 Å². The smallest absolute Gasteiger partial charge is 0.191 e. The molecule has 2 saturated carbocycles. The van der Waals surface area contributed by atoms with Crippen LogP contribution in [0.1, 0.15) is 46.5 Å². The highest BCUT2D eigenvalue weighted by Gasteiger charge is 2.41. The molecule has 19 heavy (non-hydrogen) atoms. The summed E-state index contributed by atoms with van der Waals surface area (Å²) in [4.78, 5) is 4.34. The first kappa shape index (κ1) is 17.1. The van der Waals surface area contributed by atoms with Gasteiger partial charge in [0.25, 0.3) is 0 Å². The topological polar surface area (TPSA) is 36.4 Å². The average molecular weight is 379 g/mol. The van der Waals surface area contributed by atoms with Crippen LogP contribution in [0.3, 0.4) is 0 Å². The van der Waals surface area contributed by atoms with Crippen LogP contribution in [-0.2, 0) is 0 Å². The lowest BCUT2D eigenvalue weighted by atomic mass is 9.98. The van der Waals surface area contributed by atoms with Gasteiger partial charge in [0.1, 0.15) is 0 Å². The molecule has 2 N–H and O–H groups in total. The van der Waals surface area contributed by atoms with Gasteiger partial charge in [0.15, 0.2) is 5.96 Å². The zero-order valence-electron chi connectivity index (χ0n) is 12.8. The number of rotatable bonds is 6. The summed E-state index contributed by atoms with van der Waals surface area (Å²) >= 11 is 0. The lowest BCUT2D eigenvalue weighted by molar-refractivity contribution is 0.397. The van der Waals surface area contributed by atoms with Gasteiger partial charge in [0, 0.05) is 19.6 Å². The molecule has 1 atom stereocenters. The Hall–Kier alpha value is 0. The average Bonchev–Trinajstić information content (AvgIpc) is 3.19. The van der Waals surface area contributed by atoms with Gasteiger partial charge in [-0.2, -0.15) is 0 Å². The fourth-order valence-electron chi connectivity index (χ4n) is 2.56. The van der Waals surface area contributed by atoms with Crippen LogP contribution < -0.4 is 10.6 Å². The minimum Gasteiger partial charge on any atom is -0.356 e. The molecule has 2 aliphatic carbocycles. The monoisotopic (exact) mass is 379 g/mol. The van der Waals surface area contributed by atoms with Gasteiger partial charge in [-0.25, -0.2) is 0 Å². The van der Waals surface area contributed by atoms with Gasteiger partial charge in [-0.1, -0.05) is 13.8 Å². The van der Waals surface area contributed by atoms with E-state index in [-0.39, 0.29) is 24.0 Å². The number of nitrogens with one attached hydrogen (secondary N) is 2. The van der Waals surface area contributed by atoms with Crippen LogP contribution in [0.25, 0.3) is 0 Å². The van der Waals surface area contributed by atoms with Crippen molar-refractivity contribution in [1.82, 2.24) is 10.6 Å². The molecule has 112 valence electrons. The Labute approximate surface area is 135 Å². The van der Waals surface area contributed by atoms with Crippen molar-refractivity contribution in [2.75, 3.05) is 13.6 Å². The van der Waals surface area contributed by atoms with Crippen LogP contribution in [-0.4, -0.2) is 25.6 Å². The Morgan fingerprint density at radius 3 is 2.00 bits per heavy atom. The summed E-state index contributed by atoms with van der Waals surface area (Å²) in [7, 11) is 1.87. The lowest BCUT2D eigenvalue weighted by Gasteiger charge is -2.23. The Kier molecular flexibility index (Phi) is 6.91. The Bertz CT molecular complexity index is 284. The third kappa shape index (κ3) is 5.48. The summed E-state index contributed by atoms with van der Waals surface area (Å²) < 4.78 is 0. The van der Waals surface area contributed by atoms with Crippen molar-refractivity contribution in [2.24, 2.45) is 28.7 Å². The maximum absolute atomic E-state index is 4.34. The normalized spacial score (nSPS) is 21.3. The molecule has 0 aromatic rings. The van der Waals surface area contributed by atoms with Crippen LogP contribution in [0.2, 0.25) is 0 Å². The van der Waals surface area contributed by atoms with Crippen molar-refractivity contribution in [3.8, 4) is 0 Å². The highest BCUT2D eigenvalue weighted by molar-refractivity contribution is 14.0. The molecule has 0 radical (unpaired) electrons. The van der Waals surface area contributed by atoms with Gasteiger partial charge >= 0.3 is 0 Å². The van der Waals surface area contributed by atoms with Crippen molar-refractivity contribution in [3.05, 3.63) is 0 Å². The SMILES string of the molecule is CN=C(NCC(C1CC1)C1CC1)NC(C)C(C)C.I. The molecule has 0 aromatic heterocycles. The molecule has 3 nitrogen and oxygen atoms in total. The Morgan fingerprint density at radius 1 is 1.11 bits per heavy atom. The molecule has 1 unspecified atom stereocenters. The van der Waals surface area contributed by atoms with Crippen molar-refractivity contribution in [1.29, 1.82) is 0 Å². The summed E-state index contributed by atoms with van der Waals surface area (Å²) in [5, 5.41) is 7.02. The molecule has 2 aliphatic rings. The molecule has 0 aromatic carbocycles. The largest absolute Gasteiger partial charge is 0.356 e. The van der Waals surface area contributed by atoms with Gasteiger partial charge in [0.2, 0.25) is 0 Å². The Balaban J connectivity index is 0.00000180. The van der Waals surface area contributed by atoms with E-state index >= 15 is 0 Å². The molecule has 0 heterocycles. The minimum atomic E-state index is 0. The number of guanidine groups is 1. The van der Waals surface area contributed by atoms with Crippen LogP contribution in [0.15, 0.2) is 4.99 Å². The van der Waals surface area contributed by atoms with Gasteiger partial charge in [-0.3, -0.25) is 4.99 Å². The second-order valence-corrected chi connectivity index (χ2v) is 6.47. The number of aliphatic imine (C=N–C) groups is 1. The van der Waals surface area contributed by atoms with Crippen LogP contribution in [0, 0.1) is 23.7 Å². The quantitative estimate of drug-likeness (QED) is 0.422. The van der Waals surface area contributed by atoms with E-state index in [1.165, 1.54) is 25.7 Å². The fourth-order valence-corrected chi connectivity index (χ4v) is 2.56. The van der Waals surface area contributed by atoms with E-state index in [4.69, 9.17) is 0 Å². The summed E-state index contributed by atoms with van der Waals surface area (Å²) in [6.45, 7) is 7.81. The molecule has 0 amide bonds. The van der Waals surface area contributed by atoms with Crippen LogP contribution in [0.4, 0.5) is 0 Å². The predicted molar refractivity (Wildman–Crippen MR) is 93.2 cm³/mol. The van der Waals surface area contributed by atoms with Gasteiger partial charge in [-0.05, 0) is 56.3 Å². The van der Waals surface area contributed by atoms with Gasteiger partial charge in [-0.15, -0.1) is 24.0 Å². The second-order valence-electron chi connectivity index (χ2n) is 6.47. The molecule has 0 aliphatic heterocycles. The van der Waals surface area contributed by atoms with E-state index < -0.39 is 0 Å². The lowest BCUT2D eigenvalue weighted by Crippen LogP contribution is -2.46. The first-order valence-electron chi connectivity index (χ1n) is 7.59. The molecule has 2 fully saturated rings. The standard InChI is InChI=1S/C15H29N3.HI/c1-10(2)11(3)18-15(16-4)17-9-14(12-5-6-12)13-7-8-13;/h10-14H,5-9H2,1-4H3,(H2,16,17,18);1H. The third-order valence-corrected chi connectivity index (χ3v) is 4.55. The van der Waals surface area contributed by atoms with Crippen molar-refractivity contribution in [2.45, 2.75) is 52.5 Å². The van der Waals surface area contributed by atoms with E-state index in [1.54, 1.807) is 0 Å². The summed E-state index contributed by atoms with van der Waals surface area (Å²) in [6, 6.07) is 0.469. The van der Waals surface area contributed by atoms with Crippen molar-refractivity contribution >= 4 is 29.9 Å². The summed E-state index contributed by atoms with van der Waals surface area (Å²) in [5.74, 6) is 4.52. The van der Waals surface area contributed by atoms with Crippen molar-refractivity contribution in [3.63, 3.8) is 0 Å². The first-order valence-corrected chi connectivity index (χ1v) is 7.59. The van der Waals surface area contributed by atoms with E-state index in [0.29, 0.717) is 12.0 Å². The highest BCUT2D eigenvalue weighted by Crippen LogP contribution is 2.48.